The van der Waals surface area contributed by atoms with Crippen LogP contribution < -0.4 is 5.32 Å². The second-order valence-corrected chi connectivity index (χ2v) is 11.7. The highest BCUT2D eigenvalue weighted by atomic mass is 32.2. The van der Waals surface area contributed by atoms with Crippen LogP contribution in [0.15, 0.2) is 6.20 Å². The molecule has 0 radical (unpaired) electrons. The Kier molecular flexibility index (Phi) is 7.00. The van der Waals surface area contributed by atoms with Crippen molar-refractivity contribution >= 4 is 36.2 Å². The van der Waals surface area contributed by atoms with Crippen LogP contribution in [0, 0.1) is 6.92 Å². The van der Waals surface area contributed by atoms with E-state index in [1.807, 2.05) is 0 Å². The van der Waals surface area contributed by atoms with E-state index in [1.54, 1.807) is 6.92 Å². The smallest absolute Gasteiger partial charge is 0.375 e. The van der Waals surface area contributed by atoms with Gasteiger partial charge in [0.25, 0.3) is 4.74 Å². The summed E-state index contributed by atoms with van der Waals surface area (Å²) in [6, 6.07) is 0.295. The summed E-state index contributed by atoms with van der Waals surface area (Å²) in [6.45, 7) is 0.294. The number of aryl methyl sites for hydroxylation is 1. The van der Waals surface area contributed by atoms with Gasteiger partial charge in [-0.2, -0.15) is 5.10 Å². The topological polar surface area (TPSA) is 183 Å². The molecule has 0 amide bonds. The van der Waals surface area contributed by atoms with E-state index in [9.17, 15) is 29.0 Å². The molecule has 184 valence electrons. The van der Waals surface area contributed by atoms with Gasteiger partial charge >= 0.3 is 7.60 Å². The van der Waals surface area contributed by atoms with Crippen molar-refractivity contribution in [2.24, 2.45) is 0 Å². The van der Waals surface area contributed by atoms with Gasteiger partial charge in [-0.05, 0) is 19.8 Å². The SMILES string of the molecule is Cc1nc(NC2CCCC2)c2cnn([C@@H]3O[C@H](CSC(F)(CO)P(=O)(O)O)[C@@H](O)[C@H]3O)c2n1. The maximum atomic E-state index is 14.4. The lowest BCUT2D eigenvalue weighted by molar-refractivity contribution is -0.0362. The first-order chi connectivity index (χ1) is 15.5. The highest BCUT2D eigenvalue weighted by Crippen LogP contribution is 2.58. The molecular weight excluding hydrogens is 480 g/mol. The lowest BCUT2D eigenvalue weighted by Gasteiger charge is -2.25. The van der Waals surface area contributed by atoms with Crippen LogP contribution in [-0.2, 0) is 9.30 Å². The summed E-state index contributed by atoms with van der Waals surface area (Å²) < 4.78 is 29.6. The van der Waals surface area contributed by atoms with E-state index in [1.165, 1.54) is 10.9 Å². The number of alkyl halides is 1. The van der Waals surface area contributed by atoms with Crippen molar-refractivity contribution in [1.82, 2.24) is 19.7 Å². The minimum atomic E-state index is -5.29. The van der Waals surface area contributed by atoms with Crippen LogP contribution in [0.2, 0.25) is 0 Å². The maximum Gasteiger partial charge on any atom is 0.375 e. The molecule has 3 heterocycles. The average Bonchev–Trinajstić information content (AvgIpc) is 3.47. The molecule has 1 aliphatic heterocycles. The summed E-state index contributed by atoms with van der Waals surface area (Å²) in [4.78, 5) is 27.2. The molecule has 33 heavy (non-hydrogen) atoms. The number of aliphatic hydroxyl groups is 3. The Hall–Kier alpha value is -1.38. The number of hydrogen-bond acceptors (Lipinski definition) is 10. The van der Waals surface area contributed by atoms with Crippen molar-refractivity contribution in [3.8, 4) is 0 Å². The highest BCUT2D eigenvalue weighted by Gasteiger charge is 2.51. The van der Waals surface area contributed by atoms with Gasteiger partial charge in [0.2, 0.25) is 0 Å². The zero-order chi connectivity index (χ0) is 24.0. The van der Waals surface area contributed by atoms with Crippen LogP contribution in [0.25, 0.3) is 11.0 Å². The van der Waals surface area contributed by atoms with Crippen LogP contribution >= 0.6 is 19.4 Å². The number of rotatable bonds is 8. The number of anilines is 1. The third-order valence-corrected chi connectivity index (χ3v) is 9.12. The Balaban J connectivity index is 1.56. The van der Waals surface area contributed by atoms with E-state index in [4.69, 9.17) is 9.84 Å². The predicted molar refractivity (Wildman–Crippen MR) is 117 cm³/mol. The summed E-state index contributed by atoms with van der Waals surface area (Å²) in [7, 11) is -5.29. The van der Waals surface area contributed by atoms with Gasteiger partial charge in [-0.3, -0.25) is 4.57 Å². The van der Waals surface area contributed by atoms with Crippen molar-refractivity contribution in [3.63, 3.8) is 0 Å². The van der Waals surface area contributed by atoms with Crippen LogP contribution in [0.5, 0.6) is 0 Å². The van der Waals surface area contributed by atoms with E-state index in [2.05, 4.69) is 20.4 Å². The van der Waals surface area contributed by atoms with Gasteiger partial charge in [0.05, 0.1) is 24.3 Å². The van der Waals surface area contributed by atoms with Crippen molar-refractivity contribution in [2.45, 2.75) is 67.9 Å². The van der Waals surface area contributed by atoms with Gasteiger partial charge in [-0.15, -0.1) is 11.8 Å². The summed E-state index contributed by atoms with van der Waals surface area (Å²) >= 11 is 0.118. The number of nitrogens with one attached hydrogen (secondary N) is 1. The van der Waals surface area contributed by atoms with Gasteiger partial charge in [0, 0.05) is 11.8 Å². The number of halogens is 1. The van der Waals surface area contributed by atoms with E-state index in [0.717, 1.165) is 25.7 Å². The normalized spacial score (nSPS) is 28.5. The molecular formula is C18H27FN5O7PS. The molecule has 4 rings (SSSR count). The zero-order valence-corrected chi connectivity index (χ0v) is 19.5. The van der Waals surface area contributed by atoms with Gasteiger partial charge in [-0.25, -0.2) is 19.0 Å². The quantitative estimate of drug-likeness (QED) is 0.275. The molecule has 12 nitrogen and oxygen atoms in total. The fourth-order valence-corrected chi connectivity index (χ4v) is 5.96. The molecule has 0 spiro atoms. The molecule has 5 atom stereocenters. The van der Waals surface area contributed by atoms with Crippen LogP contribution in [0.4, 0.5) is 10.2 Å². The molecule has 1 aliphatic carbocycles. The Morgan fingerprint density at radius 2 is 2.00 bits per heavy atom. The van der Waals surface area contributed by atoms with Gasteiger partial charge < -0.3 is 35.2 Å². The molecule has 6 N–H and O–H groups in total. The van der Waals surface area contributed by atoms with E-state index in [0.29, 0.717) is 28.7 Å². The van der Waals surface area contributed by atoms with Crippen LogP contribution in [-0.4, -0.2) is 86.3 Å². The van der Waals surface area contributed by atoms with Crippen LogP contribution in [0.3, 0.4) is 0 Å². The van der Waals surface area contributed by atoms with E-state index < -0.39 is 49.2 Å². The van der Waals surface area contributed by atoms with E-state index >= 15 is 0 Å². The number of ether oxygens (including phenoxy) is 1. The average molecular weight is 507 g/mol. The molecule has 15 heteroatoms. The molecule has 0 aromatic carbocycles. The fraction of sp³-hybridized carbons (Fsp3) is 0.722. The molecule has 2 fully saturated rings. The third kappa shape index (κ3) is 4.76. The number of thioether (sulfide) groups is 1. The maximum absolute atomic E-state index is 14.4. The lowest BCUT2D eigenvalue weighted by Crippen LogP contribution is -2.34. The first kappa shape index (κ1) is 24.7. The van der Waals surface area contributed by atoms with Gasteiger partial charge in [0.15, 0.2) is 11.9 Å². The van der Waals surface area contributed by atoms with Gasteiger partial charge in [0.1, 0.15) is 23.9 Å². The first-order valence-electron chi connectivity index (χ1n) is 10.5. The Morgan fingerprint density at radius 3 is 2.64 bits per heavy atom. The first-order valence-corrected chi connectivity index (χ1v) is 13.1. The number of aliphatic hydroxyl groups excluding tert-OH is 3. The molecule has 1 unspecified atom stereocenters. The zero-order valence-electron chi connectivity index (χ0n) is 17.8. The third-order valence-electron chi connectivity index (χ3n) is 5.94. The summed E-state index contributed by atoms with van der Waals surface area (Å²) in [6.07, 6.45) is 0.586. The molecule has 2 aromatic rings. The number of hydrogen-bond donors (Lipinski definition) is 6. The molecule has 1 saturated carbocycles. The van der Waals surface area contributed by atoms with Crippen LogP contribution in [0.1, 0.15) is 37.7 Å². The number of fused-ring (bicyclic) bond motifs is 1. The highest BCUT2D eigenvalue weighted by molar-refractivity contribution is 8.06. The Bertz CT molecular complexity index is 1050. The summed E-state index contributed by atoms with van der Waals surface area (Å²) in [5.41, 5.74) is 0.373. The monoisotopic (exact) mass is 507 g/mol. The minimum Gasteiger partial charge on any atom is -0.391 e. The lowest BCUT2D eigenvalue weighted by atomic mass is 10.1. The second kappa shape index (κ2) is 9.34. The summed E-state index contributed by atoms with van der Waals surface area (Å²) in [5.74, 6) is 0.651. The van der Waals surface area contributed by atoms with Gasteiger partial charge in [-0.1, -0.05) is 12.8 Å². The molecule has 2 aromatic heterocycles. The predicted octanol–water partition coefficient (Wildman–Crippen LogP) is 0.635. The largest absolute Gasteiger partial charge is 0.391 e. The van der Waals surface area contributed by atoms with E-state index in [-0.39, 0.29) is 11.8 Å². The summed E-state index contributed by atoms with van der Waals surface area (Å²) in [5, 5.41) is 38.4. The molecule has 1 saturated heterocycles. The second-order valence-electron chi connectivity index (χ2n) is 8.32. The number of aromatic nitrogens is 4. The standard InChI is InChI=1S/C18H27FN5O7PS/c1-9-21-15(23-10-4-2-3-5-10)11-6-20-24(16(11)22-9)17-14(27)13(26)12(31-17)7-33-18(19,8-25)32(28,29)30/h6,10,12-14,17,25-27H,2-5,7-8H2,1H3,(H,21,22,23)(H2,28,29,30)/t12-,13-,14-,17-,18?/m1/s1. The molecule has 0 bridgehead atoms. The Morgan fingerprint density at radius 1 is 1.30 bits per heavy atom. The Labute approximate surface area is 192 Å². The fourth-order valence-electron chi connectivity index (χ4n) is 4.09. The van der Waals surface area contributed by atoms with Crippen molar-refractivity contribution in [2.75, 3.05) is 17.7 Å². The molecule has 2 aliphatic rings. The van der Waals surface area contributed by atoms with Crippen molar-refractivity contribution < 1.29 is 38.8 Å². The van der Waals surface area contributed by atoms with Crippen molar-refractivity contribution in [3.05, 3.63) is 12.0 Å². The minimum absolute atomic E-state index is 0.118. The number of nitrogens with zero attached hydrogens (tertiary/aromatic N) is 4. The van der Waals surface area contributed by atoms with Crippen molar-refractivity contribution in [1.29, 1.82) is 0 Å².